The van der Waals surface area contributed by atoms with Gasteiger partial charge in [0.05, 0.1) is 17.6 Å². The van der Waals surface area contributed by atoms with Gasteiger partial charge in [-0.2, -0.15) is 10.2 Å². The standard InChI is InChI=1S/C17H17N5O/c1-12-5-7-13(8-6-12)15-10-16(20-19-15)17(23)21-18-11-14-4-3-9-22(14)2/h3-11H,1-2H3,(H,19,20)(H,21,23)/b18-11-. The number of amides is 1. The predicted molar refractivity (Wildman–Crippen MR) is 89.2 cm³/mol. The lowest BCUT2D eigenvalue weighted by atomic mass is 10.1. The van der Waals surface area contributed by atoms with Crippen LogP contribution in [0, 0.1) is 6.92 Å². The van der Waals surface area contributed by atoms with E-state index in [2.05, 4.69) is 20.7 Å². The van der Waals surface area contributed by atoms with E-state index in [4.69, 9.17) is 0 Å². The van der Waals surface area contributed by atoms with Crippen LogP contribution >= 0.6 is 0 Å². The van der Waals surface area contributed by atoms with Crippen molar-refractivity contribution in [2.45, 2.75) is 6.92 Å². The van der Waals surface area contributed by atoms with Gasteiger partial charge >= 0.3 is 0 Å². The van der Waals surface area contributed by atoms with Crippen LogP contribution in [0.15, 0.2) is 53.8 Å². The van der Waals surface area contributed by atoms with Crippen LogP contribution in [-0.2, 0) is 7.05 Å². The Kier molecular flexibility index (Phi) is 4.05. The maximum atomic E-state index is 12.1. The molecule has 1 amide bonds. The predicted octanol–water partition coefficient (Wildman–Crippen LogP) is 2.49. The van der Waals surface area contributed by atoms with Crippen LogP contribution in [0.5, 0.6) is 0 Å². The quantitative estimate of drug-likeness (QED) is 0.574. The summed E-state index contributed by atoms with van der Waals surface area (Å²) >= 11 is 0. The molecule has 0 saturated carbocycles. The van der Waals surface area contributed by atoms with Crippen molar-refractivity contribution in [1.29, 1.82) is 0 Å². The Morgan fingerprint density at radius 3 is 2.78 bits per heavy atom. The molecule has 3 aromatic rings. The molecular formula is C17H17N5O. The van der Waals surface area contributed by atoms with E-state index in [9.17, 15) is 4.79 Å². The van der Waals surface area contributed by atoms with E-state index in [-0.39, 0.29) is 5.91 Å². The molecule has 2 aromatic heterocycles. The first-order valence-corrected chi connectivity index (χ1v) is 7.20. The number of aromatic nitrogens is 3. The number of hydrogen-bond acceptors (Lipinski definition) is 3. The van der Waals surface area contributed by atoms with Crippen LogP contribution in [0.4, 0.5) is 0 Å². The third-order valence-corrected chi connectivity index (χ3v) is 3.52. The fourth-order valence-electron chi connectivity index (χ4n) is 2.14. The van der Waals surface area contributed by atoms with Gasteiger partial charge in [-0.3, -0.25) is 9.89 Å². The Hall–Kier alpha value is -3.15. The summed E-state index contributed by atoms with van der Waals surface area (Å²) in [6.07, 6.45) is 3.50. The number of carbonyl (C=O) groups excluding carboxylic acids is 1. The van der Waals surface area contributed by atoms with Crippen molar-refractivity contribution >= 4 is 12.1 Å². The van der Waals surface area contributed by atoms with Gasteiger partial charge in [0.1, 0.15) is 5.69 Å². The second-order valence-corrected chi connectivity index (χ2v) is 5.28. The van der Waals surface area contributed by atoms with E-state index in [0.29, 0.717) is 5.69 Å². The lowest BCUT2D eigenvalue weighted by molar-refractivity contribution is 0.0950. The minimum absolute atomic E-state index is 0.332. The van der Waals surface area contributed by atoms with Crippen LogP contribution < -0.4 is 5.43 Å². The molecule has 6 nitrogen and oxygen atoms in total. The maximum Gasteiger partial charge on any atom is 0.289 e. The number of hydrazone groups is 1. The summed E-state index contributed by atoms with van der Waals surface area (Å²) in [7, 11) is 1.91. The number of aromatic amines is 1. The van der Waals surface area contributed by atoms with Crippen LogP contribution in [-0.4, -0.2) is 26.9 Å². The topological polar surface area (TPSA) is 75.1 Å². The summed E-state index contributed by atoms with van der Waals surface area (Å²) in [4.78, 5) is 12.1. The molecule has 0 spiro atoms. The molecular weight excluding hydrogens is 290 g/mol. The molecule has 0 fully saturated rings. The molecule has 0 unspecified atom stereocenters. The summed E-state index contributed by atoms with van der Waals surface area (Å²) < 4.78 is 1.90. The molecule has 0 aliphatic carbocycles. The van der Waals surface area contributed by atoms with E-state index in [1.807, 2.05) is 61.1 Å². The number of H-pyrrole nitrogens is 1. The minimum atomic E-state index is -0.332. The molecule has 0 radical (unpaired) electrons. The number of rotatable bonds is 4. The first kappa shape index (κ1) is 14.8. The van der Waals surface area contributed by atoms with Crippen molar-refractivity contribution in [3.8, 4) is 11.3 Å². The van der Waals surface area contributed by atoms with Crippen molar-refractivity contribution in [1.82, 2.24) is 20.2 Å². The van der Waals surface area contributed by atoms with E-state index < -0.39 is 0 Å². The largest absolute Gasteiger partial charge is 0.350 e. The SMILES string of the molecule is Cc1ccc(-c2cc(C(=O)N/N=C\c3cccn3C)[nH]n2)cc1. The minimum Gasteiger partial charge on any atom is -0.350 e. The highest BCUT2D eigenvalue weighted by Crippen LogP contribution is 2.18. The fraction of sp³-hybridized carbons (Fsp3) is 0.118. The van der Waals surface area contributed by atoms with E-state index >= 15 is 0 Å². The second kappa shape index (κ2) is 6.31. The lowest BCUT2D eigenvalue weighted by Crippen LogP contribution is -2.18. The Morgan fingerprint density at radius 2 is 2.09 bits per heavy atom. The van der Waals surface area contributed by atoms with Gasteiger partial charge in [0.25, 0.3) is 5.91 Å². The maximum absolute atomic E-state index is 12.1. The van der Waals surface area contributed by atoms with Gasteiger partial charge in [0.2, 0.25) is 0 Å². The first-order chi connectivity index (χ1) is 11.1. The van der Waals surface area contributed by atoms with E-state index in [1.165, 1.54) is 5.56 Å². The average molecular weight is 307 g/mol. The number of hydrogen-bond donors (Lipinski definition) is 2. The molecule has 23 heavy (non-hydrogen) atoms. The third-order valence-electron chi connectivity index (χ3n) is 3.52. The Labute approximate surface area is 133 Å². The van der Waals surface area contributed by atoms with E-state index in [1.54, 1.807) is 12.3 Å². The molecule has 1 aromatic carbocycles. The third kappa shape index (κ3) is 3.37. The molecule has 6 heteroatoms. The molecule has 2 N–H and O–H groups in total. The first-order valence-electron chi connectivity index (χ1n) is 7.20. The Balaban J connectivity index is 1.68. The molecule has 2 heterocycles. The van der Waals surface area contributed by atoms with Gasteiger partial charge in [-0.15, -0.1) is 0 Å². The van der Waals surface area contributed by atoms with Gasteiger partial charge in [0, 0.05) is 18.8 Å². The molecule has 0 atom stereocenters. The van der Waals surface area contributed by atoms with Gasteiger partial charge in [-0.05, 0) is 25.1 Å². The highest BCUT2D eigenvalue weighted by atomic mass is 16.2. The summed E-state index contributed by atoms with van der Waals surface area (Å²) in [6.45, 7) is 2.03. The van der Waals surface area contributed by atoms with Crippen molar-refractivity contribution in [2.75, 3.05) is 0 Å². The zero-order valence-corrected chi connectivity index (χ0v) is 12.9. The lowest BCUT2D eigenvalue weighted by Gasteiger charge is -1.97. The van der Waals surface area contributed by atoms with Crippen LogP contribution in [0.25, 0.3) is 11.3 Å². The number of carbonyl (C=O) groups is 1. The summed E-state index contributed by atoms with van der Waals surface area (Å²) in [5, 5.41) is 10.9. The smallest absolute Gasteiger partial charge is 0.289 e. The van der Waals surface area contributed by atoms with Gasteiger partial charge < -0.3 is 4.57 Å². The summed E-state index contributed by atoms with van der Waals surface area (Å²) in [5.74, 6) is -0.332. The highest BCUT2D eigenvalue weighted by Gasteiger charge is 2.10. The van der Waals surface area contributed by atoms with Crippen molar-refractivity contribution in [3.63, 3.8) is 0 Å². The fourth-order valence-corrected chi connectivity index (χ4v) is 2.14. The monoisotopic (exact) mass is 307 g/mol. The molecule has 0 aliphatic rings. The second-order valence-electron chi connectivity index (χ2n) is 5.28. The summed E-state index contributed by atoms with van der Waals surface area (Å²) in [5.41, 5.74) is 6.61. The van der Waals surface area contributed by atoms with Gasteiger partial charge in [-0.1, -0.05) is 29.8 Å². The van der Waals surface area contributed by atoms with Crippen LogP contribution in [0.1, 0.15) is 21.7 Å². The zero-order valence-electron chi connectivity index (χ0n) is 12.9. The van der Waals surface area contributed by atoms with E-state index in [0.717, 1.165) is 17.0 Å². The van der Waals surface area contributed by atoms with Crippen molar-refractivity contribution in [2.24, 2.45) is 12.1 Å². The Morgan fingerprint density at radius 1 is 1.30 bits per heavy atom. The van der Waals surface area contributed by atoms with Gasteiger partial charge in [0.15, 0.2) is 0 Å². The van der Waals surface area contributed by atoms with Crippen molar-refractivity contribution < 1.29 is 4.79 Å². The van der Waals surface area contributed by atoms with Crippen LogP contribution in [0.2, 0.25) is 0 Å². The molecule has 0 aliphatic heterocycles. The molecule has 0 bridgehead atoms. The normalized spacial score (nSPS) is 11.0. The number of aryl methyl sites for hydroxylation is 2. The van der Waals surface area contributed by atoms with Crippen molar-refractivity contribution in [3.05, 3.63) is 65.6 Å². The number of benzene rings is 1. The molecule has 3 rings (SSSR count). The van der Waals surface area contributed by atoms with Gasteiger partial charge in [-0.25, -0.2) is 5.43 Å². The average Bonchev–Trinajstić information content (AvgIpc) is 3.18. The molecule has 0 saturated heterocycles. The Bertz CT molecular complexity index is 842. The molecule has 116 valence electrons. The zero-order chi connectivity index (χ0) is 16.2. The number of nitrogens with zero attached hydrogens (tertiary/aromatic N) is 3. The highest BCUT2D eigenvalue weighted by molar-refractivity contribution is 5.94. The number of nitrogens with one attached hydrogen (secondary N) is 2. The van der Waals surface area contributed by atoms with Crippen LogP contribution in [0.3, 0.4) is 0 Å². The summed E-state index contributed by atoms with van der Waals surface area (Å²) in [6, 6.07) is 13.5.